The van der Waals surface area contributed by atoms with Crippen LogP contribution in [0.25, 0.3) is 0 Å². The van der Waals surface area contributed by atoms with Gasteiger partial charge in [0.1, 0.15) is 5.78 Å². The Labute approximate surface area is 101 Å². The van der Waals surface area contributed by atoms with Crippen LogP contribution in [0.2, 0.25) is 0 Å². The van der Waals surface area contributed by atoms with E-state index in [1.165, 1.54) is 44.9 Å². The number of Topliss-reactive ketones (excluding diaryl/α,β-unsaturated/α-hetero) is 1. The molecular formula is C14H27NO. The summed E-state index contributed by atoms with van der Waals surface area (Å²) in [5.74, 6) is 0.167. The Bertz CT molecular complexity index is 199. The fourth-order valence-electron chi connectivity index (χ4n) is 1.63. The third-order valence-corrected chi connectivity index (χ3v) is 2.67. The molecule has 0 saturated heterocycles. The molecule has 0 heterocycles. The van der Waals surface area contributed by atoms with Crippen LogP contribution < -0.4 is 5.32 Å². The summed E-state index contributed by atoms with van der Waals surface area (Å²) in [4.78, 5) is 10.7. The van der Waals surface area contributed by atoms with E-state index in [0.29, 0.717) is 6.54 Å². The maximum Gasteiger partial charge on any atom is 0.148 e. The van der Waals surface area contributed by atoms with Gasteiger partial charge in [0.05, 0.1) is 6.54 Å². The molecule has 0 aromatic carbocycles. The Morgan fingerprint density at radius 3 is 2.19 bits per heavy atom. The van der Waals surface area contributed by atoms with E-state index in [-0.39, 0.29) is 5.78 Å². The average Bonchev–Trinajstić information content (AvgIpc) is 2.25. The van der Waals surface area contributed by atoms with Gasteiger partial charge in [-0.05, 0) is 19.8 Å². The van der Waals surface area contributed by atoms with Gasteiger partial charge in [-0.2, -0.15) is 0 Å². The van der Waals surface area contributed by atoms with Crippen molar-refractivity contribution in [3.63, 3.8) is 0 Å². The molecule has 0 aromatic heterocycles. The van der Waals surface area contributed by atoms with E-state index in [2.05, 4.69) is 18.8 Å². The number of nitrogens with one attached hydrogen (secondary N) is 1. The molecule has 0 aromatic rings. The fourth-order valence-corrected chi connectivity index (χ4v) is 1.63. The quantitative estimate of drug-likeness (QED) is 0.542. The maximum absolute atomic E-state index is 10.7. The first kappa shape index (κ1) is 15.2. The van der Waals surface area contributed by atoms with Crippen molar-refractivity contribution in [2.75, 3.05) is 6.54 Å². The van der Waals surface area contributed by atoms with Crippen LogP contribution in [0, 0.1) is 0 Å². The van der Waals surface area contributed by atoms with Crippen molar-refractivity contribution >= 4 is 5.78 Å². The highest BCUT2D eigenvalue weighted by Crippen LogP contribution is 2.10. The molecule has 0 bridgehead atoms. The monoisotopic (exact) mass is 225 g/mol. The number of carbonyl (C=O) groups excluding carboxylic acids is 1. The number of unbranched alkanes of at least 4 members (excludes halogenated alkanes) is 6. The van der Waals surface area contributed by atoms with Crippen molar-refractivity contribution in [2.45, 2.75) is 65.2 Å². The molecule has 0 spiro atoms. The fraction of sp³-hybridized carbons (Fsp3) is 0.786. The van der Waals surface area contributed by atoms with Gasteiger partial charge in [0.2, 0.25) is 0 Å². The second kappa shape index (κ2) is 10.7. The van der Waals surface area contributed by atoms with Crippen LogP contribution in [0.15, 0.2) is 12.3 Å². The molecule has 2 heteroatoms. The highest BCUT2D eigenvalue weighted by atomic mass is 16.1. The van der Waals surface area contributed by atoms with Gasteiger partial charge in [-0.3, -0.25) is 4.79 Å². The lowest BCUT2D eigenvalue weighted by Gasteiger charge is -2.07. The van der Waals surface area contributed by atoms with Crippen molar-refractivity contribution < 1.29 is 4.79 Å². The molecule has 0 saturated carbocycles. The van der Waals surface area contributed by atoms with E-state index in [4.69, 9.17) is 0 Å². The zero-order valence-electron chi connectivity index (χ0n) is 11.0. The summed E-state index contributed by atoms with van der Waals surface area (Å²) >= 11 is 0. The highest BCUT2D eigenvalue weighted by Gasteiger charge is 1.96. The first-order valence-electron chi connectivity index (χ1n) is 6.58. The van der Waals surface area contributed by atoms with Crippen molar-refractivity contribution in [2.24, 2.45) is 0 Å². The minimum atomic E-state index is 0.167. The third kappa shape index (κ3) is 11.3. The van der Waals surface area contributed by atoms with Gasteiger partial charge in [0.25, 0.3) is 0 Å². The molecule has 2 nitrogen and oxygen atoms in total. The maximum atomic E-state index is 10.7. The number of rotatable bonds is 11. The van der Waals surface area contributed by atoms with E-state index < -0.39 is 0 Å². The lowest BCUT2D eigenvalue weighted by Crippen LogP contribution is -2.19. The summed E-state index contributed by atoms with van der Waals surface area (Å²) in [6, 6.07) is 0. The second-order valence-electron chi connectivity index (χ2n) is 4.53. The number of hydrogen-bond donors (Lipinski definition) is 1. The van der Waals surface area contributed by atoms with E-state index in [1.54, 1.807) is 6.92 Å². The lowest BCUT2D eigenvalue weighted by molar-refractivity contribution is -0.116. The van der Waals surface area contributed by atoms with Crippen molar-refractivity contribution in [1.82, 2.24) is 5.32 Å². The van der Waals surface area contributed by atoms with E-state index >= 15 is 0 Å². The van der Waals surface area contributed by atoms with Crippen LogP contribution in [0.1, 0.15) is 65.2 Å². The molecule has 0 rings (SSSR count). The minimum absolute atomic E-state index is 0.167. The second-order valence-corrected chi connectivity index (χ2v) is 4.53. The van der Waals surface area contributed by atoms with Crippen LogP contribution in [-0.4, -0.2) is 12.3 Å². The molecule has 0 aliphatic heterocycles. The first-order valence-corrected chi connectivity index (χ1v) is 6.58. The molecule has 0 unspecified atom stereocenters. The van der Waals surface area contributed by atoms with Crippen LogP contribution in [0.4, 0.5) is 0 Å². The van der Waals surface area contributed by atoms with Crippen molar-refractivity contribution in [3.8, 4) is 0 Å². The smallest absolute Gasteiger partial charge is 0.148 e. The summed E-state index contributed by atoms with van der Waals surface area (Å²) in [6.07, 6.45) is 10.2. The molecule has 1 N–H and O–H groups in total. The third-order valence-electron chi connectivity index (χ3n) is 2.67. The summed E-state index contributed by atoms with van der Waals surface area (Å²) < 4.78 is 0. The van der Waals surface area contributed by atoms with Gasteiger partial charge in [-0.25, -0.2) is 0 Å². The summed E-state index contributed by atoms with van der Waals surface area (Å²) in [6.45, 7) is 8.17. The highest BCUT2D eigenvalue weighted by molar-refractivity contribution is 5.77. The standard InChI is InChI=1S/C14H27NO/c1-4-5-6-7-8-9-10-11-13(2)15-12-14(3)16/h15H,2,4-12H2,1,3H3. The number of ketones is 1. The number of carbonyl (C=O) groups is 1. The molecule has 0 atom stereocenters. The molecular weight excluding hydrogens is 198 g/mol. The van der Waals surface area contributed by atoms with Crippen LogP contribution in [0.5, 0.6) is 0 Å². The van der Waals surface area contributed by atoms with Gasteiger partial charge in [0.15, 0.2) is 0 Å². The summed E-state index contributed by atoms with van der Waals surface area (Å²) in [5.41, 5.74) is 1.00. The lowest BCUT2D eigenvalue weighted by atomic mass is 10.1. The Hall–Kier alpha value is -0.790. The normalized spacial score (nSPS) is 10.1. The van der Waals surface area contributed by atoms with Crippen molar-refractivity contribution in [3.05, 3.63) is 12.3 Å². The topological polar surface area (TPSA) is 29.1 Å². The Morgan fingerprint density at radius 2 is 1.62 bits per heavy atom. The Morgan fingerprint density at radius 1 is 1.06 bits per heavy atom. The van der Waals surface area contributed by atoms with Gasteiger partial charge in [0, 0.05) is 5.70 Å². The van der Waals surface area contributed by atoms with Gasteiger partial charge < -0.3 is 5.32 Å². The summed E-state index contributed by atoms with van der Waals surface area (Å²) in [5, 5.41) is 3.05. The molecule has 0 aliphatic carbocycles. The molecule has 0 fully saturated rings. The summed E-state index contributed by atoms with van der Waals surface area (Å²) in [7, 11) is 0. The Kier molecular flexibility index (Phi) is 10.2. The Balaban J connectivity index is 3.18. The molecule has 94 valence electrons. The van der Waals surface area contributed by atoms with Crippen molar-refractivity contribution in [1.29, 1.82) is 0 Å². The number of hydrogen-bond acceptors (Lipinski definition) is 2. The van der Waals surface area contributed by atoms with Crippen LogP contribution >= 0.6 is 0 Å². The zero-order valence-corrected chi connectivity index (χ0v) is 11.0. The van der Waals surface area contributed by atoms with Crippen LogP contribution in [0.3, 0.4) is 0 Å². The zero-order chi connectivity index (χ0) is 12.2. The molecule has 0 aliphatic rings. The average molecular weight is 225 g/mol. The predicted molar refractivity (Wildman–Crippen MR) is 70.4 cm³/mol. The predicted octanol–water partition coefficient (Wildman–Crippen LogP) is 3.82. The van der Waals surface area contributed by atoms with E-state index in [0.717, 1.165) is 12.1 Å². The van der Waals surface area contributed by atoms with Gasteiger partial charge in [-0.1, -0.05) is 52.0 Å². The molecule has 0 radical (unpaired) electrons. The van der Waals surface area contributed by atoms with Gasteiger partial charge >= 0.3 is 0 Å². The van der Waals surface area contributed by atoms with Gasteiger partial charge in [-0.15, -0.1) is 0 Å². The molecule has 16 heavy (non-hydrogen) atoms. The van der Waals surface area contributed by atoms with E-state index in [1.807, 2.05) is 0 Å². The SMILES string of the molecule is C=C(CCCCCCCCC)NCC(C)=O. The molecule has 0 amide bonds. The number of allylic oxidation sites excluding steroid dienone is 1. The van der Waals surface area contributed by atoms with Crippen LogP contribution in [-0.2, 0) is 4.79 Å². The minimum Gasteiger partial charge on any atom is -0.382 e. The first-order chi connectivity index (χ1) is 7.66. The largest absolute Gasteiger partial charge is 0.382 e. The van der Waals surface area contributed by atoms with E-state index in [9.17, 15) is 4.79 Å².